The van der Waals surface area contributed by atoms with Crippen molar-refractivity contribution in [2.75, 3.05) is 39.9 Å². The number of ether oxygens (including phenoxy) is 1. The number of hydrogen-bond donors (Lipinski definition) is 2. The summed E-state index contributed by atoms with van der Waals surface area (Å²) in [5.41, 5.74) is 1.79. The lowest BCUT2D eigenvalue weighted by Crippen LogP contribution is -2.41. The van der Waals surface area contributed by atoms with E-state index in [1.54, 1.807) is 0 Å². The van der Waals surface area contributed by atoms with Crippen LogP contribution in [0.4, 0.5) is 0 Å². The Morgan fingerprint density at radius 3 is 2.67 bits per heavy atom. The SMILES string of the molecule is CCCCNC(=O)c1ccc(CN=C(NCC)N(C)CC2CCOC2)cc1. The molecule has 1 aromatic rings. The maximum atomic E-state index is 12.1. The Bertz CT molecular complexity index is 595. The average molecular weight is 375 g/mol. The second-order valence-electron chi connectivity index (χ2n) is 7.09. The molecule has 1 aromatic carbocycles. The standard InChI is InChI=1S/C21H34N4O2/c1-4-6-12-23-20(26)19-9-7-17(8-10-19)14-24-21(22-5-2)25(3)15-18-11-13-27-16-18/h7-10,18H,4-6,11-16H2,1-3H3,(H,22,24)(H,23,26). The molecule has 1 atom stereocenters. The number of aliphatic imine (C=N–C) groups is 1. The van der Waals surface area contributed by atoms with E-state index >= 15 is 0 Å². The molecule has 1 fully saturated rings. The van der Waals surface area contributed by atoms with Crippen LogP contribution in [0.15, 0.2) is 29.3 Å². The summed E-state index contributed by atoms with van der Waals surface area (Å²) in [5.74, 6) is 1.47. The van der Waals surface area contributed by atoms with Gasteiger partial charge in [-0.2, -0.15) is 0 Å². The molecule has 0 saturated carbocycles. The molecule has 0 spiro atoms. The molecule has 1 saturated heterocycles. The molecule has 1 unspecified atom stereocenters. The van der Waals surface area contributed by atoms with E-state index in [-0.39, 0.29) is 5.91 Å². The molecule has 1 aliphatic heterocycles. The van der Waals surface area contributed by atoms with Crippen molar-refractivity contribution in [2.45, 2.75) is 39.7 Å². The number of rotatable bonds is 9. The number of guanidine groups is 1. The van der Waals surface area contributed by atoms with Crippen molar-refractivity contribution in [3.8, 4) is 0 Å². The number of nitrogens with zero attached hydrogens (tertiary/aromatic N) is 2. The van der Waals surface area contributed by atoms with E-state index in [9.17, 15) is 4.79 Å². The van der Waals surface area contributed by atoms with Crippen LogP contribution in [0.5, 0.6) is 0 Å². The van der Waals surface area contributed by atoms with E-state index in [2.05, 4.69) is 36.4 Å². The van der Waals surface area contributed by atoms with Crippen molar-refractivity contribution in [2.24, 2.45) is 10.9 Å². The summed E-state index contributed by atoms with van der Waals surface area (Å²) in [4.78, 5) is 19.0. The minimum atomic E-state index is -0.00893. The van der Waals surface area contributed by atoms with Gasteiger partial charge in [0.25, 0.3) is 5.91 Å². The normalized spacial score (nSPS) is 17.0. The summed E-state index contributed by atoms with van der Waals surface area (Å²) >= 11 is 0. The lowest BCUT2D eigenvalue weighted by atomic mass is 10.1. The van der Waals surface area contributed by atoms with Crippen molar-refractivity contribution in [1.29, 1.82) is 0 Å². The first-order valence-corrected chi connectivity index (χ1v) is 10.1. The van der Waals surface area contributed by atoms with Gasteiger partial charge in [0, 0.05) is 44.8 Å². The van der Waals surface area contributed by atoms with Crippen molar-refractivity contribution >= 4 is 11.9 Å². The summed E-state index contributed by atoms with van der Waals surface area (Å²) in [5, 5.41) is 6.30. The van der Waals surface area contributed by atoms with Crippen LogP contribution in [0.3, 0.4) is 0 Å². The number of hydrogen-bond acceptors (Lipinski definition) is 3. The molecule has 2 rings (SSSR count). The van der Waals surface area contributed by atoms with Crippen LogP contribution >= 0.6 is 0 Å². The van der Waals surface area contributed by atoms with Crippen LogP contribution < -0.4 is 10.6 Å². The van der Waals surface area contributed by atoms with E-state index in [1.165, 1.54) is 0 Å². The van der Waals surface area contributed by atoms with Gasteiger partial charge < -0.3 is 20.3 Å². The number of nitrogens with one attached hydrogen (secondary N) is 2. The Morgan fingerprint density at radius 1 is 1.26 bits per heavy atom. The van der Waals surface area contributed by atoms with Crippen molar-refractivity contribution in [3.63, 3.8) is 0 Å². The van der Waals surface area contributed by atoms with Gasteiger partial charge in [0.15, 0.2) is 5.96 Å². The zero-order valence-electron chi connectivity index (χ0n) is 17.0. The minimum Gasteiger partial charge on any atom is -0.381 e. The van der Waals surface area contributed by atoms with E-state index < -0.39 is 0 Å². The third-order valence-electron chi connectivity index (χ3n) is 4.70. The second-order valence-corrected chi connectivity index (χ2v) is 7.09. The number of amides is 1. The summed E-state index contributed by atoms with van der Waals surface area (Å²) < 4.78 is 5.47. The molecule has 150 valence electrons. The van der Waals surface area contributed by atoms with Crippen molar-refractivity contribution in [1.82, 2.24) is 15.5 Å². The van der Waals surface area contributed by atoms with Crippen LogP contribution in [0.1, 0.15) is 49.0 Å². The quantitative estimate of drug-likeness (QED) is 0.396. The van der Waals surface area contributed by atoms with E-state index in [0.29, 0.717) is 18.0 Å². The smallest absolute Gasteiger partial charge is 0.251 e. The molecular weight excluding hydrogens is 340 g/mol. The Balaban J connectivity index is 1.91. The van der Waals surface area contributed by atoms with Crippen LogP contribution in [0.2, 0.25) is 0 Å². The number of benzene rings is 1. The van der Waals surface area contributed by atoms with Gasteiger partial charge >= 0.3 is 0 Å². The number of carbonyl (C=O) groups excluding carboxylic acids is 1. The molecular formula is C21H34N4O2. The second kappa shape index (κ2) is 11.6. The first-order valence-electron chi connectivity index (χ1n) is 10.1. The van der Waals surface area contributed by atoms with Gasteiger partial charge in [0.1, 0.15) is 0 Å². The van der Waals surface area contributed by atoms with Crippen LogP contribution in [-0.4, -0.2) is 56.7 Å². The molecule has 0 radical (unpaired) electrons. The Labute approximate surface area is 163 Å². The molecule has 0 aliphatic carbocycles. The lowest BCUT2D eigenvalue weighted by molar-refractivity contribution is 0.0953. The summed E-state index contributed by atoms with van der Waals surface area (Å²) in [7, 11) is 2.07. The highest BCUT2D eigenvalue weighted by atomic mass is 16.5. The Hall–Kier alpha value is -2.08. The fraction of sp³-hybridized carbons (Fsp3) is 0.619. The zero-order chi connectivity index (χ0) is 19.5. The van der Waals surface area contributed by atoms with Gasteiger partial charge in [0.05, 0.1) is 13.2 Å². The molecule has 0 aromatic heterocycles. The van der Waals surface area contributed by atoms with E-state index in [0.717, 1.165) is 63.6 Å². The molecule has 2 N–H and O–H groups in total. The largest absolute Gasteiger partial charge is 0.381 e. The number of carbonyl (C=O) groups is 1. The molecule has 0 bridgehead atoms. The highest BCUT2D eigenvalue weighted by molar-refractivity contribution is 5.94. The van der Waals surface area contributed by atoms with Crippen LogP contribution in [-0.2, 0) is 11.3 Å². The molecule has 6 nitrogen and oxygen atoms in total. The Kier molecular flexibility index (Phi) is 9.11. The first kappa shape index (κ1) is 21.2. The monoisotopic (exact) mass is 374 g/mol. The molecule has 1 heterocycles. The van der Waals surface area contributed by atoms with E-state index in [1.807, 2.05) is 24.3 Å². The highest BCUT2D eigenvalue weighted by Crippen LogP contribution is 2.13. The Morgan fingerprint density at radius 2 is 2.04 bits per heavy atom. The van der Waals surface area contributed by atoms with Gasteiger partial charge in [-0.15, -0.1) is 0 Å². The van der Waals surface area contributed by atoms with Gasteiger partial charge in [-0.05, 0) is 37.5 Å². The minimum absolute atomic E-state index is 0.00893. The van der Waals surface area contributed by atoms with Gasteiger partial charge in [-0.25, -0.2) is 4.99 Å². The highest BCUT2D eigenvalue weighted by Gasteiger charge is 2.19. The molecule has 27 heavy (non-hydrogen) atoms. The average Bonchev–Trinajstić information content (AvgIpc) is 3.18. The molecule has 1 amide bonds. The lowest BCUT2D eigenvalue weighted by Gasteiger charge is -2.24. The van der Waals surface area contributed by atoms with Gasteiger partial charge in [-0.3, -0.25) is 4.79 Å². The summed E-state index contributed by atoms with van der Waals surface area (Å²) in [6, 6.07) is 7.70. The fourth-order valence-corrected chi connectivity index (χ4v) is 3.08. The maximum Gasteiger partial charge on any atom is 0.251 e. The summed E-state index contributed by atoms with van der Waals surface area (Å²) in [6.45, 7) is 8.99. The van der Waals surface area contributed by atoms with E-state index in [4.69, 9.17) is 9.73 Å². The molecule has 1 aliphatic rings. The van der Waals surface area contributed by atoms with Crippen LogP contribution in [0.25, 0.3) is 0 Å². The maximum absolute atomic E-state index is 12.1. The van der Waals surface area contributed by atoms with Crippen LogP contribution in [0, 0.1) is 5.92 Å². The van der Waals surface area contributed by atoms with Crippen molar-refractivity contribution < 1.29 is 9.53 Å². The summed E-state index contributed by atoms with van der Waals surface area (Å²) in [6.07, 6.45) is 3.20. The zero-order valence-corrected chi connectivity index (χ0v) is 17.0. The third-order valence-corrected chi connectivity index (χ3v) is 4.70. The topological polar surface area (TPSA) is 66.0 Å². The predicted molar refractivity (Wildman–Crippen MR) is 110 cm³/mol. The van der Waals surface area contributed by atoms with Crippen molar-refractivity contribution in [3.05, 3.63) is 35.4 Å². The van der Waals surface area contributed by atoms with Gasteiger partial charge in [0.2, 0.25) is 0 Å². The first-order chi connectivity index (χ1) is 13.1. The third kappa shape index (κ3) is 7.21. The predicted octanol–water partition coefficient (Wildman–Crippen LogP) is 2.65. The van der Waals surface area contributed by atoms with Gasteiger partial charge in [-0.1, -0.05) is 25.5 Å². The number of unbranched alkanes of at least 4 members (excludes halogenated alkanes) is 1. The fourth-order valence-electron chi connectivity index (χ4n) is 3.08. The molecule has 6 heteroatoms.